The Morgan fingerprint density at radius 2 is 1.71 bits per heavy atom. The van der Waals surface area contributed by atoms with Gasteiger partial charge in [-0.25, -0.2) is 0 Å². The highest BCUT2D eigenvalue weighted by Crippen LogP contribution is 2.32. The van der Waals surface area contributed by atoms with Crippen molar-refractivity contribution in [3.63, 3.8) is 0 Å². The Bertz CT molecular complexity index is 705. The molecule has 21 heavy (non-hydrogen) atoms. The highest BCUT2D eigenvalue weighted by atomic mass is 35.5. The first-order chi connectivity index (χ1) is 9.79. The van der Waals surface area contributed by atoms with E-state index in [1.54, 1.807) is 0 Å². The van der Waals surface area contributed by atoms with Gasteiger partial charge in [-0.2, -0.15) is 0 Å². The minimum Gasteiger partial charge on any atom is -0.456 e. The van der Waals surface area contributed by atoms with Crippen molar-refractivity contribution in [1.29, 1.82) is 0 Å². The number of halogens is 1. The maximum Gasteiger partial charge on any atom is 0.141 e. The van der Waals surface area contributed by atoms with Crippen LogP contribution in [-0.2, 0) is 0 Å². The first-order valence-corrected chi connectivity index (χ1v) is 7.31. The van der Waals surface area contributed by atoms with E-state index in [0.717, 1.165) is 27.5 Å². The largest absolute Gasteiger partial charge is 0.456 e. The zero-order valence-electron chi connectivity index (χ0n) is 12.5. The second kappa shape index (κ2) is 6.00. The summed E-state index contributed by atoms with van der Waals surface area (Å²) in [4.78, 5) is 4.65. The number of aryl methyl sites for hydroxylation is 4. The van der Waals surface area contributed by atoms with Gasteiger partial charge in [0.1, 0.15) is 16.5 Å². The van der Waals surface area contributed by atoms with Gasteiger partial charge in [0.25, 0.3) is 0 Å². The Labute approximate surface area is 135 Å². The molecule has 2 rings (SSSR count). The van der Waals surface area contributed by atoms with E-state index in [4.69, 9.17) is 34.3 Å². The van der Waals surface area contributed by atoms with Crippen LogP contribution in [0.3, 0.4) is 0 Å². The zero-order chi connectivity index (χ0) is 15.7. The molecule has 0 aliphatic heterocycles. The number of benzene rings is 1. The molecule has 0 spiro atoms. The van der Waals surface area contributed by atoms with Crippen molar-refractivity contribution in [3.8, 4) is 11.5 Å². The number of nitrogens with zero attached hydrogens (tertiary/aromatic N) is 1. The van der Waals surface area contributed by atoms with Gasteiger partial charge in [-0.15, -0.1) is 0 Å². The number of aromatic nitrogens is 1. The van der Waals surface area contributed by atoms with E-state index in [0.29, 0.717) is 17.1 Å². The summed E-state index contributed by atoms with van der Waals surface area (Å²) in [7, 11) is 0. The van der Waals surface area contributed by atoms with Crippen LogP contribution in [0.2, 0.25) is 5.02 Å². The molecule has 110 valence electrons. The maximum absolute atomic E-state index is 6.18. The third kappa shape index (κ3) is 3.34. The Kier molecular flexibility index (Phi) is 4.49. The molecule has 1 aromatic carbocycles. The molecule has 2 N–H and O–H groups in total. The van der Waals surface area contributed by atoms with E-state index in [1.165, 1.54) is 0 Å². The van der Waals surface area contributed by atoms with Crippen LogP contribution in [0.15, 0.2) is 18.2 Å². The van der Waals surface area contributed by atoms with Crippen molar-refractivity contribution in [2.75, 3.05) is 0 Å². The van der Waals surface area contributed by atoms with Crippen LogP contribution in [-0.4, -0.2) is 9.97 Å². The Balaban J connectivity index is 2.51. The van der Waals surface area contributed by atoms with Gasteiger partial charge < -0.3 is 10.5 Å². The molecule has 0 unspecified atom stereocenters. The topological polar surface area (TPSA) is 48.1 Å². The lowest BCUT2D eigenvalue weighted by Gasteiger charge is -2.14. The lowest BCUT2D eigenvalue weighted by Crippen LogP contribution is -2.14. The normalized spacial score (nSPS) is 10.5. The van der Waals surface area contributed by atoms with E-state index in [-0.39, 0.29) is 4.99 Å². The van der Waals surface area contributed by atoms with Gasteiger partial charge >= 0.3 is 0 Å². The summed E-state index contributed by atoms with van der Waals surface area (Å²) < 4.78 is 5.98. The summed E-state index contributed by atoms with van der Waals surface area (Å²) >= 11 is 11.3. The smallest absolute Gasteiger partial charge is 0.141 e. The standard InChI is InChI=1S/C16H17ClN2OS/c1-8-5-12(6-9(2)15(8)17)20-13-7-10(3)19-11(4)14(13)16(18)21/h5-7H,1-4H3,(H2,18,21). The minimum absolute atomic E-state index is 0.275. The van der Waals surface area contributed by atoms with Crippen molar-refractivity contribution in [1.82, 2.24) is 4.98 Å². The SMILES string of the molecule is Cc1cc(Oc2cc(C)c(Cl)c(C)c2)c(C(N)=S)c(C)n1. The van der Waals surface area contributed by atoms with Crippen molar-refractivity contribution in [3.05, 3.63) is 51.3 Å². The van der Waals surface area contributed by atoms with Crippen LogP contribution in [0.5, 0.6) is 11.5 Å². The predicted octanol–water partition coefficient (Wildman–Crippen LogP) is 4.40. The second-order valence-electron chi connectivity index (χ2n) is 5.06. The molecule has 0 amide bonds. The van der Waals surface area contributed by atoms with Gasteiger partial charge in [0.15, 0.2) is 0 Å². The fraction of sp³-hybridized carbons (Fsp3) is 0.250. The molecule has 0 aliphatic carbocycles. The number of thiocarbonyl (C=S) groups is 1. The summed E-state index contributed by atoms with van der Waals surface area (Å²) in [6, 6.07) is 5.62. The summed E-state index contributed by atoms with van der Waals surface area (Å²) in [5, 5.41) is 0.749. The van der Waals surface area contributed by atoms with E-state index >= 15 is 0 Å². The van der Waals surface area contributed by atoms with Crippen molar-refractivity contribution in [2.24, 2.45) is 5.73 Å². The van der Waals surface area contributed by atoms with Gasteiger partial charge in [-0.3, -0.25) is 4.98 Å². The Morgan fingerprint density at radius 1 is 1.14 bits per heavy atom. The number of hydrogen-bond acceptors (Lipinski definition) is 3. The molecule has 0 saturated heterocycles. The summed E-state index contributed by atoms with van der Waals surface area (Å²) in [5.41, 5.74) is 10.0. The number of hydrogen-bond donors (Lipinski definition) is 1. The molecule has 0 radical (unpaired) electrons. The first-order valence-electron chi connectivity index (χ1n) is 6.52. The zero-order valence-corrected chi connectivity index (χ0v) is 14.0. The van der Waals surface area contributed by atoms with Crippen LogP contribution < -0.4 is 10.5 Å². The van der Waals surface area contributed by atoms with Gasteiger partial charge in [-0.05, 0) is 51.0 Å². The van der Waals surface area contributed by atoms with E-state index in [1.807, 2.05) is 45.9 Å². The first kappa shape index (κ1) is 15.7. The van der Waals surface area contributed by atoms with Crippen molar-refractivity contribution >= 4 is 28.8 Å². The van der Waals surface area contributed by atoms with Crippen molar-refractivity contribution < 1.29 is 4.74 Å². The van der Waals surface area contributed by atoms with Crippen LogP contribution >= 0.6 is 23.8 Å². The van der Waals surface area contributed by atoms with E-state index in [9.17, 15) is 0 Å². The summed E-state index contributed by atoms with van der Waals surface area (Å²) in [6.07, 6.45) is 0. The fourth-order valence-electron chi connectivity index (χ4n) is 2.27. The highest BCUT2D eigenvalue weighted by molar-refractivity contribution is 7.80. The average molecular weight is 321 g/mol. The number of rotatable bonds is 3. The summed E-state index contributed by atoms with van der Waals surface area (Å²) in [6.45, 7) is 7.66. The molecule has 5 heteroatoms. The molecule has 0 bridgehead atoms. The van der Waals surface area contributed by atoms with Crippen LogP contribution in [0, 0.1) is 27.7 Å². The average Bonchev–Trinajstić information content (AvgIpc) is 2.34. The molecule has 3 nitrogen and oxygen atoms in total. The molecule has 0 atom stereocenters. The Hall–Kier alpha value is -1.65. The molecular formula is C16H17ClN2OS. The minimum atomic E-state index is 0.275. The maximum atomic E-state index is 6.18. The number of pyridine rings is 1. The molecular weight excluding hydrogens is 304 g/mol. The van der Waals surface area contributed by atoms with Gasteiger partial charge in [0.2, 0.25) is 0 Å². The highest BCUT2D eigenvalue weighted by Gasteiger charge is 2.14. The van der Waals surface area contributed by atoms with Gasteiger partial charge in [-0.1, -0.05) is 23.8 Å². The van der Waals surface area contributed by atoms with E-state index in [2.05, 4.69) is 4.98 Å². The van der Waals surface area contributed by atoms with Crippen LogP contribution in [0.25, 0.3) is 0 Å². The molecule has 0 saturated carbocycles. The quantitative estimate of drug-likeness (QED) is 0.852. The molecule has 0 aliphatic rings. The van der Waals surface area contributed by atoms with Gasteiger partial charge in [0.05, 0.1) is 11.3 Å². The lowest BCUT2D eigenvalue weighted by molar-refractivity contribution is 0.479. The third-order valence-electron chi connectivity index (χ3n) is 3.18. The molecule has 0 fully saturated rings. The molecule has 2 aromatic rings. The predicted molar refractivity (Wildman–Crippen MR) is 90.6 cm³/mol. The van der Waals surface area contributed by atoms with Crippen LogP contribution in [0.4, 0.5) is 0 Å². The van der Waals surface area contributed by atoms with E-state index < -0.39 is 0 Å². The third-order valence-corrected chi connectivity index (χ3v) is 3.98. The summed E-state index contributed by atoms with van der Waals surface area (Å²) in [5.74, 6) is 1.32. The van der Waals surface area contributed by atoms with Crippen molar-refractivity contribution in [2.45, 2.75) is 27.7 Å². The number of ether oxygens (including phenoxy) is 1. The fourth-order valence-corrected chi connectivity index (χ4v) is 2.62. The molecule has 1 aromatic heterocycles. The van der Waals surface area contributed by atoms with Crippen LogP contribution in [0.1, 0.15) is 28.1 Å². The van der Waals surface area contributed by atoms with Gasteiger partial charge in [0, 0.05) is 16.8 Å². The lowest BCUT2D eigenvalue weighted by atomic mass is 10.1. The Morgan fingerprint density at radius 3 is 2.24 bits per heavy atom. The monoisotopic (exact) mass is 320 g/mol. The number of nitrogens with two attached hydrogens (primary N) is 1. The second-order valence-corrected chi connectivity index (χ2v) is 5.88. The molecule has 1 heterocycles.